The fraction of sp³-hybridized carbons (Fsp3) is 0.100. The van der Waals surface area contributed by atoms with Crippen LogP contribution in [-0.4, -0.2) is 22.6 Å². The summed E-state index contributed by atoms with van der Waals surface area (Å²) in [6.45, 7) is 0.0994. The summed E-state index contributed by atoms with van der Waals surface area (Å²) in [7, 11) is 0. The first-order chi connectivity index (χ1) is 13.0. The predicted molar refractivity (Wildman–Crippen MR) is 106 cm³/mol. The van der Waals surface area contributed by atoms with Crippen LogP contribution in [0.5, 0.6) is 5.75 Å². The monoisotopic (exact) mass is 445 g/mol. The number of carbonyl (C=O) groups excluding carboxylic acids is 2. The van der Waals surface area contributed by atoms with Crippen molar-refractivity contribution in [3.8, 4) is 18.1 Å². The average Bonchev–Trinajstić information content (AvgIpc) is 2.89. The molecular formula is C20H13BrFNO3S. The second-order valence-corrected chi connectivity index (χ2v) is 7.48. The van der Waals surface area contributed by atoms with Gasteiger partial charge in [-0.2, -0.15) is 0 Å². The molecular weight excluding hydrogens is 433 g/mol. The number of carbonyl (C=O) groups is 2. The van der Waals surface area contributed by atoms with Crippen molar-refractivity contribution < 1.29 is 18.7 Å². The van der Waals surface area contributed by atoms with Crippen molar-refractivity contribution in [3.63, 3.8) is 0 Å². The number of amides is 2. The van der Waals surface area contributed by atoms with Gasteiger partial charge in [0.25, 0.3) is 11.1 Å². The third kappa shape index (κ3) is 4.59. The van der Waals surface area contributed by atoms with Gasteiger partial charge in [0.1, 0.15) is 18.2 Å². The van der Waals surface area contributed by atoms with E-state index < -0.39 is 11.1 Å². The fourth-order valence-corrected chi connectivity index (χ4v) is 3.63. The number of terminal acetylenes is 1. The Morgan fingerprint density at radius 2 is 2.07 bits per heavy atom. The van der Waals surface area contributed by atoms with Gasteiger partial charge in [0.15, 0.2) is 0 Å². The minimum atomic E-state index is -0.431. The summed E-state index contributed by atoms with van der Waals surface area (Å²) in [6.07, 6.45) is 6.79. The van der Waals surface area contributed by atoms with E-state index in [-0.39, 0.29) is 23.9 Å². The Morgan fingerprint density at radius 1 is 1.26 bits per heavy atom. The molecule has 3 rings (SSSR count). The van der Waals surface area contributed by atoms with Crippen LogP contribution in [0.25, 0.3) is 6.08 Å². The number of rotatable bonds is 5. The summed E-state index contributed by atoms with van der Waals surface area (Å²) in [5, 5.41) is -0.401. The highest BCUT2D eigenvalue weighted by Gasteiger charge is 2.34. The first-order valence-electron chi connectivity index (χ1n) is 7.83. The molecule has 136 valence electrons. The van der Waals surface area contributed by atoms with Crippen molar-refractivity contribution in [2.75, 3.05) is 6.54 Å². The molecule has 1 heterocycles. The number of thioether (sulfide) groups is 1. The SMILES string of the molecule is C#CCN1C(=O)S/C(=C/c2cc(Br)ccc2OCc2cccc(F)c2)C1=O. The van der Waals surface area contributed by atoms with E-state index in [1.165, 1.54) is 12.1 Å². The van der Waals surface area contributed by atoms with Crippen LogP contribution < -0.4 is 4.74 Å². The van der Waals surface area contributed by atoms with Crippen LogP contribution in [-0.2, 0) is 11.4 Å². The van der Waals surface area contributed by atoms with Crippen molar-refractivity contribution >= 4 is 44.9 Å². The molecule has 2 aromatic carbocycles. The van der Waals surface area contributed by atoms with Crippen molar-refractivity contribution in [2.45, 2.75) is 6.61 Å². The average molecular weight is 446 g/mol. The molecule has 4 nitrogen and oxygen atoms in total. The van der Waals surface area contributed by atoms with E-state index in [1.54, 1.807) is 36.4 Å². The first kappa shape index (κ1) is 19.2. The molecule has 0 unspecified atom stereocenters. The van der Waals surface area contributed by atoms with Gasteiger partial charge >= 0.3 is 0 Å². The molecule has 0 saturated carbocycles. The van der Waals surface area contributed by atoms with Gasteiger partial charge in [-0.25, -0.2) is 4.39 Å². The predicted octanol–water partition coefficient (Wildman–Crippen LogP) is 4.84. The Morgan fingerprint density at radius 3 is 2.81 bits per heavy atom. The van der Waals surface area contributed by atoms with Crippen LogP contribution in [0, 0.1) is 18.2 Å². The topological polar surface area (TPSA) is 46.6 Å². The molecule has 1 aliphatic heterocycles. The molecule has 1 aliphatic rings. The quantitative estimate of drug-likeness (QED) is 0.488. The summed E-state index contributed by atoms with van der Waals surface area (Å²) in [5.41, 5.74) is 1.30. The number of ether oxygens (including phenoxy) is 1. The summed E-state index contributed by atoms with van der Waals surface area (Å²) >= 11 is 4.22. The highest BCUT2D eigenvalue weighted by molar-refractivity contribution is 9.10. The van der Waals surface area contributed by atoms with Crippen LogP contribution in [0.3, 0.4) is 0 Å². The van der Waals surface area contributed by atoms with E-state index in [1.807, 2.05) is 0 Å². The normalized spacial score (nSPS) is 15.3. The van der Waals surface area contributed by atoms with Gasteiger partial charge < -0.3 is 4.74 Å². The second kappa shape index (κ2) is 8.42. The molecule has 1 fully saturated rings. The van der Waals surface area contributed by atoms with E-state index in [0.717, 1.165) is 21.1 Å². The van der Waals surface area contributed by atoms with Gasteiger partial charge in [-0.05, 0) is 53.7 Å². The molecule has 0 aliphatic carbocycles. The van der Waals surface area contributed by atoms with E-state index >= 15 is 0 Å². The summed E-state index contributed by atoms with van der Waals surface area (Å²) < 4.78 is 19.9. The summed E-state index contributed by atoms with van der Waals surface area (Å²) in [4.78, 5) is 25.6. The third-order valence-corrected chi connectivity index (χ3v) is 5.07. The second-order valence-electron chi connectivity index (χ2n) is 5.57. The van der Waals surface area contributed by atoms with Gasteiger partial charge in [-0.1, -0.05) is 34.0 Å². The summed E-state index contributed by atoms with van der Waals surface area (Å²) in [6, 6.07) is 11.4. The van der Waals surface area contributed by atoms with Crippen molar-refractivity contribution in [1.82, 2.24) is 4.90 Å². The van der Waals surface area contributed by atoms with Crippen molar-refractivity contribution in [3.05, 3.63) is 68.8 Å². The lowest BCUT2D eigenvalue weighted by Crippen LogP contribution is -2.28. The molecule has 0 bridgehead atoms. The molecule has 2 aromatic rings. The Balaban J connectivity index is 1.85. The van der Waals surface area contributed by atoms with Gasteiger partial charge in [-0.15, -0.1) is 6.42 Å². The van der Waals surface area contributed by atoms with Crippen LogP contribution in [0.15, 0.2) is 51.8 Å². The summed E-state index contributed by atoms with van der Waals surface area (Å²) in [5.74, 6) is 2.03. The molecule has 1 saturated heterocycles. The third-order valence-electron chi connectivity index (χ3n) is 3.66. The van der Waals surface area contributed by atoms with Gasteiger partial charge in [0, 0.05) is 10.0 Å². The van der Waals surface area contributed by atoms with Crippen LogP contribution in [0.4, 0.5) is 9.18 Å². The molecule has 7 heteroatoms. The molecule has 0 aromatic heterocycles. The number of hydrogen-bond donors (Lipinski definition) is 0. The number of imide groups is 1. The van der Waals surface area contributed by atoms with Crippen LogP contribution in [0.2, 0.25) is 0 Å². The van der Waals surface area contributed by atoms with Gasteiger partial charge in [0.05, 0.1) is 11.4 Å². The largest absolute Gasteiger partial charge is 0.488 e. The van der Waals surface area contributed by atoms with Crippen molar-refractivity contribution in [2.24, 2.45) is 0 Å². The lowest BCUT2D eigenvalue weighted by Gasteiger charge is -2.11. The first-order valence-corrected chi connectivity index (χ1v) is 9.44. The molecule has 0 N–H and O–H groups in total. The van der Waals surface area contributed by atoms with Gasteiger partial charge in [-0.3, -0.25) is 14.5 Å². The van der Waals surface area contributed by atoms with Crippen LogP contribution in [0.1, 0.15) is 11.1 Å². The smallest absolute Gasteiger partial charge is 0.294 e. The van der Waals surface area contributed by atoms with E-state index in [2.05, 4.69) is 21.9 Å². The molecule has 0 spiro atoms. The van der Waals surface area contributed by atoms with E-state index in [9.17, 15) is 14.0 Å². The van der Waals surface area contributed by atoms with Crippen LogP contribution >= 0.6 is 27.7 Å². The molecule has 0 atom stereocenters. The minimum Gasteiger partial charge on any atom is -0.488 e. The highest BCUT2D eigenvalue weighted by atomic mass is 79.9. The standard InChI is InChI=1S/C20H13BrFNO3S/c1-2-8-23-19(24)18(27-20(23)25)11-14-10-15(21)6-7-17(14)26-12-13-4-3-5-16(22)9-13/h1,3-7,9-11H,8,12H2/b18-11+. The highest BCUT2D eigenvalue weighted by Crippen LogP contribution is 2.34. The Bertz CT molecular complexity index is 983. The lowest BCUT2D eigenvalue weighted by molar-refractivity contribution is -0.122. The minimum absolute atomic E-state index is 0.0661. The Labute approximate surface area is 168 Å². The maximum absolute atomic E-state index is 13.3. The maximum Gasteiger partial charge on any atom is 0.294 e. The number of hydrogen-bond acceptors (Lipinski definition) is 4. The number of nitrogens with zero attached hydrogens (tertiary/aromatic N) is 1. The Hall–Kier alpha value is -2.56. The Kier molecular flexibility index (Phi) is 5.99. The molecule has 27 heavy (non-hydrogen) atoms. The fourth-order valence-electron chi connectivity index (χ4n) is 2.42. The number of halogens is 2. The zero-order valence-electron chi connectivity index (χ0n) is 13.9. The van der Waals surface area contributed by atoms with E-state index in [4.69, 9.17) is 11.2 Å². The maximum atomic E-state index is 13.3. The van der Waals surface area contributed by atoms with Crippen molar-refractivity contribution in [1.29, 1.82) is 0 Å². The van der Waals surface area contributed by atoms with E-state index in [0.29, 0.717) is 16.9 Å². The molecule has 0 radical (unpaired) electrons. The molecule has 2 amide bonds. The lowest BCUT2D eigenvalue weighted by atomic mass is 10.1. The number of benzene rings is 2. The zero-order valence-corrected chi connectivity index (χ0v) is 16.3. The zero-order chi connectivity index (χ0) is 19.4. The van der Waals surface area contributed by atoms with Gasteiger partial charge in [0.2, 0.25) is 0 Å².